The van der Waals surface area contributed by atoms with Gasteiger partial charge in [0.15, 0.2) is 0 Å². The van der Waals surface area contributed by atoms with Crippen LogP contribution >= 0.6 is 0 Å². The minimum Gasteiger partial charge on any atom is -0.494 e. The second kappa shape index (κ2) is 15.7. The standard InChI is InChI=1S/2C12H17NO3/c1-3-16-11-6-4-10(5-7-11)13-12(15)8-9(2)14;1-2-3-8-16-11-6-4-10(5-7-11)9-12(14)13-15/h4-7,9,14H,3,8H2,1-2H3,(H,13,15);4-7,15H,2-3,8-9H2,1H3,(H,13,14). The zero-order chi connectivity index (χ0) is 23.8. The molecule has 0 heterocycles. The number of aliphatic hydroxyl groups excluding tert-OH is 1. The minimum atomic E-state index is -0.623. The maximum Gasteiger partial charge on any atom is 0.247 e. The van der Waals surface area contributed by atoms with Gasteiger partial charge < -0.3 is 19.9 Å². The third kappa shape index (κ3) is 11.9. The van der Waals surface area contributed by atoms with E-state index in [1.54, 1.807) is 36.7 Å². The lowest BCUT2D eigenvalue weighted by Crippen LogP contribution is -2.20. The highest BCUT2D eigenvalue weighted by molar-refractivity contribution is 5.91. The molecule has 8 nitrogen and oxygen atoms in total. The van der Waals surface area contributed by atoms with Crippen molar-refractivity contribution in [2.75, 3.05) is 18.5 Å². The highest BCUT2D eigenvalue weighted by Crippen LogP contribution is 2.16. The van der Waals surface area contributed by atoms with Crippen LogP contribution in [0.4, 0.5) is 5.69 Å². The monoisotopic (exact) mass is 446 g/mol. The first-order chi connectivity index (χ1) is 15.4. The summed E-state index contributed by atoms with van der Waals surface area (Å²) >= 11 is 0. The summed E-state index contributed by atoms with van der Waals surface area (Å²) in [6.45, 7) is 6.94. The fourth-order valence-corrected chi connectivity index (χ4v) is 2.54. The molecule has 0 saturated carbocycles. The van der Waals surface area contributed by atoms with E-state index >= 15 is 0 Å². The maximum absolute atomic E-state index is 11.3. The SMILES string of the molecule is CCCCOc1ccc(CC(=O)NO)cc1.CCOc1ccc(NC(=O)CC(C)O)cc1. The lowest BCUT2D eigenvalue weighted by Gasteiger charge is -2.08. The molecule has 0 saturated heterocycles. The summed E-state index contributed by atoms with van der Waals surface area (Å²) in [5.74, 6) is 0.969. The van der Waals surface area contributed by atoms with Crippen molar-refractivity contribution in [2.24, 2.45) is 0 Å². The number of carbonyl (C=O) groups is 2. The fourth-order valence-electron chi connectivity index (χ4n) is 2.54. The molecule has 2 aromatic carbocycles. The smallest absolute Gasteiger partial charge is 0.247 e. The van der Waals surface area contributed by atoms with E-state index in [-0.39, 0.29) is 18.7 Å². The number of hydrogen-bond donors (Lipinski definition) is 4. The van der Waals surface area contributed by atoms with Crippen molar-refractivity contribution in [3.05, 3.63) is 54.1 Å². The Morgan fingerprint density at radius 3 is 2.06 bits per heavy atom. The van der Waals surface area contributed by atoms with Crippen molar-refractivity contribution in [1.82, 2.24) is 5.48 Å². The van der Waals surface area contributed by atoms with Gasteiger partial charge in [-0.05, 0) is 62.2 Å². The molecule has 32 heavy (non-hydrogen) atoms. The highest BCUT2D eigenvalue weighted by Gasteiger charge is 2.06. The number of anilines is 1. The molecule has 4 N–H and O–H groups in total. The molecule has 0 aliphatic carbocycles. The normalized spacial score (nSPS) is 10.9. The Bertz CT molecular complexity index is 791. The number of aliphatic hydroxyl groups is 1. The Morgan fingerprint density at radius 1 is 0.938 bits per heavy atom. The number of hydrogen-bond acceptors (Lipinski definition) is 6. The average Bonchev–Trinajstić information content (AvgIpc) is 2.76. The van der Waals surface area contributed by atoms with Crippen LogP contribution < -0.4 is 20.3 Å². The molecule has 8 heteroatoms. The van der Waals surface area contributed by atoms with Crippen molar-refractivity contribution in [3.8, 4) is 11.5 Å². The molecule has 0 spiro atoms. The summed E-state index contributed by atoms with van der Waals surface area (Å²) in [4.78, 5) is 22.2. The van der Waals surface area contributed by atoms with Gasteiger partial charge in [0, 0.05) is 5.69 Å². The average molecular weight is 447 g/mol. The van der Waals surface area contributed by atoms with E-state index in [1.165, 1.54) is 0 Å². The zero-order valence-electron chi connectivity index (χ0n) is 19.0. The lowest BCUT2D eigenvalue weighted by atomic mass is 10.1. The van der Waals surface area contributed by atoms with Gasteiger partial charge in [0.2, 0.25) is 11.8 Å². The fraction of sp³-hybridized carbons (Fsp3) is 0.417. The van der Waals surface area contributed by atoms with Gasteiger partial charge in [-0.2, -0.15) is 0 Å². The number of nitrogens with one attached hydrogen (secondary N) is 2. The van der Waals surface area contributed by atoms with Crippen LogP contribution in [0.15, 0.2) is 48.5 Å². The number of carbonyl (C=O) groups excluding carboxylic acids is 2. The summed E-state index contributed by atoms with van der Waals surface area (Å²) in [7, 11) is 0. The summed E-state index contributed by atoms with van der Waals surface area (Å²) < 4.78 is 10.8. The summed E-state index contributed by atoms with van der Waals surface area (Å²) in [5.41, 5.74) is 3.14. The number of benzene rings is 2. The van der Waals surface area contributed by atoms with Crippen molar-refractivity contribution in [1.29, 1.82) is 0 Å². The number of amides is 2. The van der Waals surface area contributed by atoms with E-state index in [2.05, 4.69) is 12.2 Å². The van der Waals surface area contributed by atoms with Crippen LogP contribution in [-0.2, 0) is 16.0 Å². The van der Waals surface area contributed by atoms with E-state index in [1.807, 2.05) is 31.2 Å². The van der Waals surface area contributed by atoms with Crippen LogP contribution in [-0.4, -0.2) is 41.4 Å². The van der Waals surface area contributed by atoms with E-state index in [0.717, 1.165) is 29.9 Å². The minimum absolute atomic E-state index is 0.104. The van der Waals surface area contributed by atoms with Crippen LogP contribution in [0, 0.1) is 0 Å². The Balaban J connectivity index is 0.000000320. The molecular formula is C24H34N2O6. The van der Waals surface area contributed by atoms with Crippen molar-refractivity contribution >= 4 is 17.5 Å². The third-order valence-corrected chi connectivity index (χ3v) is 4.11. The molecule has 2 amide bonds. The van der Waals surface area contributed by atoms with Crippen molar-refractivity contribution in [3.63, 3.8) is 0 Å². The predicted molar refractivity (Wildman–Crippen MR) is 123 cm³/mol. The van der Waals surface area contributed by atoms with Gasteiger partial charge in [0.05, 0.1) is 32.2 Å². The molecule has 0 aliphatic rings. The van der Waals surface area contributed by atoms with Crippen LogP contribution in [0.3, 0.4) is 0 Å². The summed E-state index contributed by atoms with van der Waals surface area (Å²) in [6.07, 6.45) is 1.80. The molecular weight excluding hydrogens is 412 g/mol. The summed E-state index contributed by atoms with van der Waals surface area (Å²) in [6, 6.07) is 14.4. The van der Waals surface area contributed by atoms with Crippen molar-refractivity contribution < 1.29 is 29.4 Å². The molecule has 1 unspecified atom stereocenters. The van der Waals surface area contributed by atoms with E-state index in [0.29, 0.717) is 18.9 Å². The first kappa shape index (κ1) is 26.9. The zero-order valence-corrected chi connectivity index (χ0v) is 19.0. The van der Waals surface area contributed by atoms with Gasteiger partial charge in [-0.3, -0.25) is 14.8 Å². The van der Waals surface area contributed by atoms with Crippen LogP contribution in [0.5, 0.6) is 11.5 Å². The molecule has 0 aromatic heterocycles. The highest BCUT2D eigenvalue weighted by atomic mass is 16.5. The molecule has 1 atom stereocenters. The second-order valence-electron chi connectivity index (χ2n) is 7.12. The molecule has 0 bridgehead atoms. The van der Waals surface area contributed by atoms with Gasteiger partial charge in [0.25, 0.3) is 0 Å². The van der Waals surface area contributed by atoms with Gasteiger partial charge in [-0.1, -0.05) is 25.5 Å². The topological polar surface area (TPSA) is 117 Å². The van der Waals surface area contributed by atoms with E-state index in [4.69, 9.17) is 19.8 Å². The second-order valence-corrected chi connectivity index (χ2v) is 7.12. The first-order valence-corrected chi connectivity index (χ1v) is 10.7. The van der Waals surface area contributed by atoms with Gasteiger partial charge >= 0.3 is 0 Å². The van der Waals surface area contributed by atoms with Gasteiger partial charge in [-0.25, -0.2) is 5.48 Å². The third-order valence-electron chi connectivity index (χ3n) is 4.11. The Kier molecular flexibility index (Phi) is 13.2. The molecule has 0 aliphatic heterocycles. The van der Waals surface area contributed by atoms with E-state index < -0.39 is 12.0 Å². The summed E-state index contributed by atoms with van der Waals surface area (Å²) in [5, 5.41) is 20.1. The number of unbranched alkanes of at least 4 members (excludes halogenated alkanes) is 1. The number of hydroxylamine groups is 1. The largest absolute Gasteiger partial charge is 0.494 e. The predicted octanol–water partition coefficient (Wildman–Crippen LogP) is 3.71. The van der Waals surface area contributed by atoms with E-state index in [9.17, 15) is 9.59 Å². The Hall–Kier alpha value is -3.10. The number of rotatable bonds is 11. The molecule has 176 valence electrons. The maximum atomic E-state index is 11.3. The Labute approximate surface area is 189 Å². The van der Waals surface area contributed by atoms with Crippen LogP contribution in [0.2, 0.25) is 0 Å². The van der Waals surface area contributed by atoms with Gasteiger partial charge in [0.1, 0.15) is 11.5 Å². The molecule has 0 fully saturated rings. The van der Waals surface area contributed by atoms with Crippen LogP contribution in [0.25, 0.3) is 0 Å². The number of ether oxygens (including phenoxy) is 2. The molecule has 2 rings (SSSR count). The Morgan fingerprint density at radius 2 is 1.53 bits per heavy atom. The van der Waals surface area contributed by atoms with Crippen LogP contribution in [0.1, 0.15) is 45.6 Å². The molecule has 0 radical (unpaired) electrons. The van der Waals surface area contributed by atoms with Gasteiger partial charge in [-0.15, -0.1) is 0 Å². The lowest BCUT2D eigenvalue weighted by molar-refractivity contribution is -0.128. The quantitative estimate of drug-likeness (QED) is 0.237. The molecule has 2 aromatic rings. The first-order valence-electron chi connectivity index (χ1n) is 10.7. The van der Waals surface area contributed by atoms with Crippen molar-refractivity contribution in [2.45, 2.75) is 52.6 Å².